The predicted molar refractivity (Wildman–Crippen MR) is 121 cm³/mol. The molecule has 8 nitrogen and oxygen atoms in total. The number of carbonyl (C=O) groups excluding carboxylic acids is 2. The Labute approximate surface area is 192 Å². The smallest absolute Gasteiger partial charge is 0.407 e. The van der Waals surface area contributed by atoms with E-state index in [2.05, 4.69) is 17.4 Å². The maximum atomic E-state index is 12.8. The third-order valence-electron chi connectivity index (χ3n) is 6.41. The molecule has 2 atom stereocenters. The number of methoxy groups -OCH3 is 1. The lowest BCUT2D eigenvalue weighted by Crippen LogP contribution is -2.48. The van der Waals surface area contributed by atoms with Crippen molar-refractivity contribution in [3.63, 3.8) is 0 Å². The Balaban J connectivity index is 1.33. The van der Waals surface area contributed by atoms with Crippen molar-refractivity contribution in [3.05, 3.63) is 59.7 Å². The van der Waals surface area contributed by atoms with Crippen LogP contribution in [-0.2, 0) is 19.1 Å². The Morgan fingerprint density at radius 2 is 1.73 bits per heavy atom. The number of hydrogen-bond acceptors (Lipinski definition) is 5. The van der Waals surface area contributed by atoms with Gasteiger partial charge < -0.3 is 24.8 Å². The minimum Gasteiger partial charge on any atom is -0.481 e. The Hall–Kier alpha value is -3.39. The van der Waals surface area contributed by atoms with Crippen LogP contribution in [0.1, 0.15) is 36.3 Å². The molecule has 1 fully saturated rings. The molecule has 2 aromatic rings. The van der Waals surface area contributed by atoms with E-state index in [1.165, 1.54) is 7.11 Å². The van der Waals surface area contributed by atoms with Gasteiger partial charge in [0, 0.05) is 25.6 Å². The van der Waals surface area contributed by atoms with Gasteiger partial charge in [0.15, 0.2) is 6.10 Å². The number of nitrogens with zero attached hydrogens (tertiary/aromatic N) is 1. The summed E-state index contributed by atoms with van der Waals surface area (Å²) >= 11 is 0. The first kappa shape index (κ1) is 22.8. The lowest BCUT2D eigenvalue weighted by atomic mass is 9.98. The third kappa shape index (κ3) is 4.85. The average Bonchev–Trinajstić information content (AvgIpc) is 3.40. The molecular formula is C25H28N2O6. The molecule has 1 aliphatic heterocycles. The molecular weight excluding hydrogens is 424 g/mol. The Morgan fingerprint density at radius 3 is 2.33 bits per heavy atom. The molecule has 0 spiro atoms. The first-order valence-electron chi connectivity index (χ1n) is 11.1. The fourth-order valence-electron chi connectivity index (χ4n) is 4.82. The monoisotopic (exact) mass is 452 g/mol. The van der Waals surface area contributed by atoms with Gasteiger partial charge >= 0.3 is 12.1 Å². The van der Waals surface area contributed by atoms with E-state index in [1.807, 2.05) is 36.4 Å². The molecule has 0 aromatic heterocycles. The van der Waals surface area contributed by atoms with Crippen molar-refractivity contribution in [2.75, 3.05) is 26.8 Å². The van der Waals surface area contributed by atoms with E-state index in [1.54, 1.807) is 4.90 Å². The molecule has 8 heteroatoms. The summed E-state index contributed by atoms with van der Waals surface area (Å²) in [6, 6.07) is 15.8. The van der Waals surface area contributed by atoms with Gasteiger partial charge in [-0.2, -0.15) is 0 Å². The number of nitrogens with one attached hydrogen (secondary N) is 1. The molecule has 1 heterocycles. The first-order valence-corrected chi connectivity index (χ1v) is 11.1. The molecule has 2 aliphatic rings. The van der Waals surface area contributed by atoms with Crippen LogP contribution in [-0.4, -0.2) is 66.9 Å². The molecule has 1 unspecified atom stereocenters. The van der Waals surface area contributed by atoms with E-state index in [9.17, 15) is 14.4 Å². The summed E-state index contributed by atoms with van der Waals surface area (Å²) in [6.45, 7) is 0.613. The van der Waals surface area contributed by atoms with Crippen molar-refractivity contribution >= 4 is 18.0 Å². The van der Waals surface area contributed by atoms with Gasteiger partial charge in [-0.25, -0.2) is 4.79 Å². The zero-order valence-electron chi connectivity index (χ0n) is 18.5. The van der Waals surface area contributed by atoms with Gasteiger partial charge in [0.1, 0.15) is 6.61 Å². The number of ether oxygens (including phenoxy) is 2. The van der Waals surface area contributed by atoms with Crippen LogP contribution in [0.25, 0.3) is 11.1 Å². The number of carboxylic acids is 1. The minimum absolute atomic E-state index is 0.0515. The van der Waals surface area contributed by atoms with Gasteiger partial charge in [0.25, 0.3) is 5.91 Å². The Bertz CT molecular complexity index is 994. The molecule has 174 valence electrons. The zero-order valence-corrected chi connectivity index (χ0v) is 18.5. The van der Waals surface area contributed by atoms with Gasteiger partial charge in [-0.15, -0.1) is 0 Å². The molecule has 1 aliphatic carbocycles. The maximum Gasteiger partial charge on any atom is 0.407 e. The number of amides is 2. The quantitative estimate of drug-likeness (QED) is 0.638. The number of likely N-dealkylation sites (tertiary alicyclic amines) is 1. The van der Waals surface area contributed by atoms with Crippen molar-refractivity contribution < 1.29 is 29.0 Å². The summed E-state index contributed by atoms with van der Waals surface area (Å²) < 4.78 is 10.8. The Morgan fingerprint density at radius 1 is 1.09 bits per heavy atom. The normalized spacial score (nSPS) is 17.8. The number of aliphatic carboxylic acids is 1. The number of alkyl carbamates (subject to hydrolysis) is 1. The summed E-state index contributed by atoms with van der Waals surface area (Å²) in [6.07, 6.45) is -0.231. The highest BCUT2D eigenvalue weighted by atomic mass is 16.5. The van der Waals surface area contributed by atoms with E-state index in [0.29, 0.717) is 13.0 Å². The number of hydrogen-bond donors (Lipinski definition) is 2. The van der Waals surface area contributed by atoms with Gasteiger partial charge in [-0.1, -0.05) is 48.5 Å². The largest absolute Gasteiger partial charge is 0.481 e. The second-order valence-corrected chi connectivity index (χ2v) is 8.36. The number of carboxylic acid groups (broad SMARTS) is 1. The average molecular weight is 453 g/mol. The van der Waals surface area contributed by atoms with E-state index < -0.39 is 18.2 Å². The number of rotatable bonds is 8. The van der Waals surface area contributed by atoms with Crippen molar-refractivity contribution in [1.82, 2.24) is 10.2 Å². The SMILES string of the molecule is COC(CNC(=O)OCC1c2ccccc2-c2ccccc21)C(=O)N1CCC[C@@H]1CC(=O)O. The third-order valence-corrected chi connectivity index (χ3v) is 6.41. The Kier molecular flexibility index (Phi) is 6.93. The first-order chi connectivity index (χ1) is 16.0. The van der Waals surface area contributed by atoms with E-state index in [4.69, 9.17) is 14.6 Å². The number of carbonyl (C=O) groups is 3. The lowest BCUT2D eigenvalue weighted by molar-refractivity contribution is -0.144. The molecule has 2 amide bonds. The minimum atomic E-state index is -0.939. The molecule has 4 rings (SSSR count). The number of fused-ring (bicyclic) bond motifs is 3. The fraction of sp³-hybridized carbons (Fsp3) is 0.400. The van der Waals surface area contributed by atoms with Crippen LogP contribution in [0.2, 0.25) is 0 Å². The topological polar surface area (TPSA) is 105 Å². The van der Waals surface area contributed by atoms with E-state index in [0.717, 1.165) is 28.7 Å². The van der Waals surface area contributed by atoms with Gasteiger partial charge in [-0.05, 0) is 35.1 Å². The van der Waals surface area contributed by atoms with E-state index in [-0.39, 0.29) is 37.4 Å². The summed E-state index contributed by atoms with van der Waals surface area (Å²) in [5, 5.41) is 11.7. The van der Waals surface area contributed by atoms with Crippen LogP contribution >= 0.6 is 0 Å². The molecule has 33 heavy (non-hydrogen) atoms. The summed E-state index contributed by atoms with van der Waals surface area (Å²) in [4.78, 5) is 37.9. The van der Waals surface area contributed by atoms with Crippen LogP contribution in [0.15, 0.2) is 48.5 Å². The summed E-state index contributed by atoms with van der Waals surface area (Å²) in [5.74, 6) is -1.31. The fourth-order valence-corrected chi connectivity index (χ4v) is 4.82. The standard InChI is InChI=1S/C25H28N2O6/c1-32-22(24(30)27-12-6-7-16(27)13-23(28)29)14-26-25(31)33-15-21-19-10-4-2-8-17(19)18-9-3-5-11-20(18)21/h2-5,8-11,16,21-22H,6-7,12-15H2,1H3,(H,26,31)(H,28,29)/t16-,22?/m1/s1. The van der Waals surface area contributed by atoms with Gasteiger partial charge in [-0.3, -0.25) is 9.59 Å². The molecule has 0 radical (unpaired) electrons. The van der Waals surface area contributed by atoms with Crippen LogP contribution in [0.4, 0.5) is 4.79 Å². The molecule has 0 bridgehead atoms. The van der Waals surface area contributed by atoms with Crippen molar-refractivity contribution in [3.8, 4) is 11.1 Å². The molecule has 1 saturated heterocycles. The predicted octanol–water partition coefficient (Wildman–Crippen LogP) is 3.01. The highest BCUT2D eigenvalue weighted by Gasteiger charge is 2.35. The lowest BCUT2D eigenvalue weighted by Gasteiger charge is -2.27. The zero-order chi connectivity index (χ0) is 23.4. The van der Waals surface area contributed by atoms with Crippen molar-refractivity contribution in [2.24, 2.45) is 0 Å². The molecule has 0 saturated carbocycles. The second-order valence-electron chi connectivity index (χ2n) is 8.36. The van der Waals surface area contributed by atoms with Crippen LogP contribution < -0.4 is 5.32 Å². The maximum absolute atomic E-state index is 12.8. The molecule has 2 N–H and O–H groups in total. The second kappa shape index (κ2) is 10.0. The summed E-state index contributed by atoms with van der Waals surface area (Å²) in [7, 11) is 1.39. The highest BCUT2D eigenvalue weighted by Crippen LogP contribution is 2.44. The number of benzene rings is 2. The van der Waals surface area contributed by atoms with Crippen LogP contribution in [0.5, 0.6) is 0 Å². The van der Waals surface area contributed by atoms with Crippen LogP contribution in [0, 0.1) is 0 Å². The van der Waals surface area contributed by atoms with E-state index >= 15 is 0 Å². The van der Waals surface area contributed by atoms with Gasteiger partial charge in [0.05, 0.1) is 13.0 Å². The van der Waals surface area contributed by atoms with Crippen molar-refractivity contribution in [1.29, 1.82) is 0 Å². The highest BCUT2D eigenvalue weighted by molar-refractivity contribution is 5.83. The van der Waals surface area contributed by atoms with Gasteiger partial charge in [0.2, 0.25) is 0 Å². The summed E-state index contributed by atoms with van der Waals surface area (Å²) in [5.41, 5.74) is 4.53. The molecule has 2 aromatic carbocycles. The van der Waals surface area contributed by atoms with Crippen molar-refractivity contribution in [2.45, 2.75) is 37.3 Å². The van der Waals surface area contributed by atoms with Crippen LogP contribution in [0.3, 0.4) is 0 Å².